The Hall–Kier alpha value is -1.26. The fourth-order valence-electron chi connectivity index (χ4n) is 2.34. The topological polar surface area (TPSA) is 52.6 Å². The van der Waals surface area contributed by atoms with E-state index in [-0.39, 0.29) is 10.6 Å². The van der Waals surface area contributed by atoms with Crippen LogP contribution in [0.3, 0.4) is 0 Å². The number of carboxylic acids is 1. The van der Waals surface area contributed by atoms with Crippen LogP contribution < -0.4 is 5.32 Å². The van der Waals surface area contributed by atoms with Crippen molar-refractivity contribution in [1.82, 2.24) is 4.90 Å². The molecule has 0 saturated carbocycles. The number of nitrogens with one attached hydrogen (secondary N) is 1. The fraction of sp³-hybridized carbons (Fsp3) is 0.500. The normalized spacial score (nSPS) is 16.3. The summed E-state index contributed by atoms with van der Waals surface area (Å²) in [6.07, 6.45) is 3.90. The third-order valence-corrected chi connectivity index (χ3v) is 3.73. The van der Waals surface area contributed by atoms with E-state index < -0.39 is 5.97 Å². The molecule has 0 bridgehead atoms. The summed E-state index contributed by atoms with van der Waals surface area (Å²) in [6.45, 7) is 4.15. The molecule has 4 nitrogen and oxygen atoms in total. The number of rotatable bonds is 5. The van der Waals surface area contributed by atoms with Gasteiger partial charge in [0.2, 0.25) is 0 Å². The number of piperidine rings is 1. The van der Waals surface area contributed by atoms with Gasteiger partial charge < -0.3 is 15.3 Å². The molecule has 2 N–H and O–H groups in total. The molecule has 1 heterocycles. The number of likely N-dealkylation sites (tertiary alicyclic amines) is 1. The second-order valence-electron chi connectivity index (χ2n) is 4.83. The minimum Gasteiger partial charge on any atom is -0.478 e. The Bertz CT molecular complexity index is 445. The number of halogens is 1. The molecular weight excluding hydrogens is 264 g/mol. The molecule has 1 fully saturated rings. The third kappa shape index (κ3) is 4.11. The number of hydrogen-bond donors (Lipinski definition) is 2. The highest BCUT2D eigenvalue weighted by atomic mass is 35.5. The van der Waals surface area contributed by atoms with Crippen LogP contribution in [0.1, 0.15) is 29.6 Å². The average Bonchev–Trinajstić information content (AvgIpc) is 2.41. The minimum absolute atomic E-state index is 0.143. The number of aromatic carboxylic acids is 1. The van der Waals surface area contributed by atoms with E-state index in [4.69, 9.17) is 16.7 Å². The smallest absolute Gasteiger partial charge is 0.337 e. The maximum Gasteiger partial charge on any atom is 0.337 e. The Morgan fingerprint density at radius 2 is 2.05 bits per heavy atom. The SMILES string of the molecule is O=C(O)c1cc(NCCN2CCCCC2)ccc1Cl. The molecule has 0 unspecified atom stereocenters. The first kappa shape index (κ1) is 14.2. The van der Waals surface area contributed by atoms with Gasteiger partial charge in [-0.2, -0.15) is 0 Å². The summed E-state index contributed by atoms with van der Waals surface area (Å²) < 4.78 is 0. The van der Waals surface area contributed by atoms with Crippen molar-refractivity contribution in [2.24, 2.45) is 0 Å². The Morgan fingerprint density at radius 1 is 1.32 bits per heavy atom. The van der Waals surface area contributed by atoms with Gasteiger partial charge in [-0.15, -0.1) is 0 Å². The van der Waals surface area contributed by atoms with Gasteiger partial charge in [-0.25, -0.2) is 4.79 Å². The van der Waals surface area contributed by atoms with Crippen molar-refractivity contribution in [2.45, 2.75) is 19.3 Å². The van der Waals surface area contributed by atoms with Crippen LogP contribution >= 0.6 is 11.6 Å². The number of carbonyl (C=O) groups is 1. The predicted molar refractivity (Wildman–Crippen MR) is 77.2 cm³/mol. The van der Waals surface area contributed by atoms with Crippen LogP contribution in [0.4, 0.5) is 5.69 Å². The van der Waals surface area contributed by atoms with Crippen LogP contribution in [0.2, 0.25) is 5.02 Å². The van der Waals surface area contributed by atoms with Crippen molar-refractivity contribution in [3.05, 3.63) is 28.8 Å². The largest absolute Gasteiger partial charge is 0.478 e. The highest BCUT2D eigenvalue weighted by molar-refractivity contribution is 6.33. The number of benzene rings is 1. The molecule has 0 aromatic heterocycles. The van der Waals surface area contributed by atoms with Crippen LogP contribution in [0.5, 0.6) is 0 Å². The quantitative estimate of drug-likeness (QED) is 0.872. The van der Waals surface area contributed by atoms with E-state index in [1.165, 1.54) is 32.4 Å². The number of carboxylic acid groups (broad SMARTS) is 1. The molecule has 104 valence electrons. The molecule has 2 rings (SSSR count). The van der Waals surface area contributed by atoms with Crippen molar-refractivity contribution >= 4 is 23.3 Å². The first-order valence-corrected chi connectivity index (χ1v) is 7.03. The van der Waals surface area contributed by atoms with Crippen LogP contribution in [0, 0.1) is 0 Å². The molecule has 1 aliphatic heterocycles. The van der Waals surface area contributed by atoms with E-state index in [0.29, 0.717) is 0 Å². The van der Waals surface area contributed by atoms with Crippen molar-refractivity contribution in [2.75, 3.05) is 31.5 Å². The molecular formula is C14H19ClN2O2. The van der Waals surface area contributed by atoms with Crippen molar-refractivity contribution in [3.63, 3.8) is 0 Å². The van der Waals surface area contributed by atoms with Crippen molar-refractivity contribution in [1.29, 1.82) is 0 Å². The molecule has 1 aromatic carbocycles. The van der Waals surface area contributed by atoms with Crippen LogP contribution in [-0.4, -0.2) is 42.2 Å². The summed E-state index contributed by atoms with van der Waals surface area (Å²) in [7, 11) is 0. The van der Waals surface area contributed by atoms with E-state index in [2.05, 4.69) is 10.2 Å². The maximum absolute atomic E-state index is 11.0. The summed E-state index contributed by atoms with van der Waals surface area (Å²) in [5.74, 6) is -0.996. The van der Waals surface area contributed by atoms with E-state index in [0.717, 1.165) is 18.8 Å². The number of anilines is 1. The van der Waals surface area contributed by atoms with Gasteiger partial charge in [0.15, 0.2) is 0 Å². The zero-order valence-electron chi connectivity index (χ0n) is 10.9. The molecule has 1 aliphatic rings. The van der Waals surface area contributed by atoms with E-state index >= 15 is 0 Å². The zero-order valence-corrected chi connectivity index (χ0v) is 11.6. The van der Waals surface area contributed by atoms with Gasteiger partial charge in [0.25, 0.3) is 0 Å². The Balaban J connectivity index is 1.85. The lowest BCUT2D eigenvalue weighted by Gasteiger charge is -2.26. The van der Waals surface area contributed by atoms with Gasteiger partial charge in [0.1, 0.15) is 0 Å². The van der Waals surface area contributed by atoms with Crippen LogP contribution in [-0.2, 0) is 0 Å². The highest BCUT2D eigenvalue weighted by Crippen LogP contribution is 2.20. The highest BCUT2D eigenvalue weighted by Gasteiger charge is 2.11. The van der Waals surface area contributed by atoms with E-state index in [1.54, 1.807) is 12.1 Å². The maximum atomic E-state index is 11.0. The summed E-state index contributed by atoms with van der Waals surface area (Å²) in [5.41, 5.74) is 0.948. The van der Waals surface area contributed by atoms with E-state index in [9.17, 15) is 4.79 Å². The molecule has 0 radical (unpaired) electrons. The van der Waals surface area contributed by atoms with Gasteiger partial charge in [-0.1, -0.05) is 18.0 Å². The molecule has 0 spiro atoms. The summed E-state index contributed by atoms with van der Waals surface area (Å²) in [5, 5.41) is 12.5. The molecule has 1 aromatic rings. The van der Waals surface area contributed by atoms with Gasteiger partial charge in [-0.3, -0.25) is 0 Å². The second kappa shape index (κ2) is 6.78. The van der Waals surface area contributed by atoms with Gasteiger partial charge >= 0.3 is 5.97 Å². The fourth-order valence-corrected chi connectivity index (χ4v) is 2.54. The van der Waals surface area contributed by atoms with E-state index in [1.807, 2.05) is 6.07 Å². The summed E-state index contributed by atoms with van der Waals surface area (Å²) in [4.78, 5) is 13.4. The predicted octanol–water partition coefficient (Wildman–Crippen LogP) is 2.94. The molecule has 19 heavy (non-hydrogen) atoms. The number of nitrogens with zero attached hydrogens (tertiary/aromatic N) is 1. The van der Waals surface area contributed by atoms with Gasteiger partial charge in [-0.05, 0) is 44.1 Å². The van der Waals surface area contributed by atoms with Crippen molar-refractivity contribution in [3.8, 4) is 0 Å². The molecule has 1 saturated heterocycles. The van der Waals surface area contributed by atoms with Crippen molar-refractivity contribution < 1.29 is 9.90 Å². The standard InChI is InChI=1S/C14H19ClN2O2/c15-13-5-4-11(10-12(13)14(18)19)16-6-9-17-7-2-1-3-8-17/h4-5,10,16H,1-3,6-9H2,(H,18,19). The third-order valence-electron chi connectivity index (χ3n) is 3.40. The lowest BCUT2D eigenvalue weighted by atomic mass is 10.1. The minimum atomic E-state index is -0.996. The second-order valence-corrected chi connectivity index (χ2v) is 5.24. The molecule has 5 heteroatoms. The van der Waals surface area contributed by atoms with Gasteiger partial charge in [0, 0.05) is 18.8 Å². The Kier molecular flexibility index (Phi) is 5.05. The molecule has 0 atom stereocenters. The first-order chi connectivity index (χ1) is 9.16. The summed E-state index contributed by atoms with van der Waals surface area (Å²) in [6, 6.07) is 5.01. The zero-order chi connectivity index (χ0) is 13.7. The lowest BCUT2D eigenvalue weighted by Crippen LogP contribution is -2.33. The lowest BCUT2D eigenvalue weighted by molar-refractivity contribution is 0.0697. The molecule has 0 amide bonds. The number of hydrogen-bond acceptors (Lipinski definition) is 3. The van der Waals surface area contributed by atoms with Gasteiger partial charge in [0.05, 0.1) is 10.6 Å². The van der Waals surface area contributed by atoms with Crippen LogP contribution in [0.25, 0.3) is 0 Å². The first-order valence-electron chi connectivity index (χ1n) is 6.66. The Labute approximate surface area is 118 Å². The summed E-state index contributed by atoms with van der Waals surface area (Å²) >= 11 is 5.83. The monoisotopic (exact) mass is 282 g/mol. The van der Waals surface area contributed by atoms with Crippen LogP contribution in [0.15, 0.2) is 18.2 Å². The Morgan fingerprint density at radius 3 is 2.74 bits per heavy atom. The molecule has 0 aliphatic carbocycles. The average molecular weight is 283 g/mol.